The van der Waals surface area contributed by atoms with Crippen LogP contribution in [0.5, 0.6) is 0 Å². The molecule has 3 nitrogen and oxygen atoms in total. The summed E-state index contributed by atoms with van der Waals surface area (Å²) in [6.07, 6.45) is 13.0. The van der Waals surface area contributed by atoms with Crippen LogP contribution in [-0.4, -0.2) is 47.5 Å². The van der Waals surface area contributed by atoms with Crippen LogP contribution in [-0.2, 0) is 0 Å². The number of rotatable bonds is 3. The molecule has 0 aromatic carbocycles. The molecule has 2 aliphatic rings. The van der Waals surface area contributed by atoms with Crippen molar-refractivity contribution >= 4 is 41.7 Å². The van der Waals surface area contributed by atoms with Gasteiger partial charge in [0.05, 0.1) is 6.54 Å². The van der Waals surface area contributed by atoms with E-state index in [1.807, 2.05) is 0 Å². The third-order valence-electron chi connectivity index (χ3n) is 4.17. The van der Waals surface area contributed by atoms with Crippen molar-refractivity contribution in [2.24, 2.45) is 4.99 Å². The molecule has 0 aromatic heterocycles. The fraction of sp³-hybridized carbons (Fsp3) is 0.812. The third-order valence-corrected chi connectivity index (χ3v) is 5.70. The monoisotopic (exact) mass is 421 g/mol. The van der Waals surface area contributed by atoms with Gasteiger partial charge in [-0.2, -0.15) is 11.8 Å². The van der Waals surface area contributed by atoms with Crippen molar-refractivity contribution in [2.45, 2.75) is 50.2 Å². The van der Waals surface area contributed by atoms with Crippen LogP contribution in [0, 0.1) is 12.3 Å². The van der Waals surface area contributed by atoms with Crippen LogP contribution in [0.15, 0.2) is 4.99 Å². The minimum absolute atomic E-state index is 0. The van der Waals surface area contributed by atoms with E-state index < -0.39 is 0 Å². The van der Waals surface area contributed by atoms with Crippen molar-refractivity contribution < 1.29 is 0 Å². The molecule has 0 radical (unpaired) electrons. The topological polar surface area (TPSA) is 27.6 Å². The maximum atomic E-state index is 5.32. The number of guanidine groups is 1. The first-order chi connectivity index (χ1) is 9.79. The van der Waals surface area contributed by atoms with E-state index in [-0.39, 0.29) is 24.0 Å². The van der Waals surface area contributed by atoms with Gasteiger partial charge in [-0.15, -0.1) is 36.3 Å². The number of hydrogen-bond acceptors (Lipinski definition) is 2. The first kappa shape index (κ1) is 19.0. The van der Waals surface area contributed by atoms with Crippen molar-refractivity contribution in [1.29, 1.82) is 0 Å². The van der Waals surface area contributed by atoms with Crippen LogP contribution in [0.4, 0.5) is 0 Å². The van der Waals surface area contributed by atoms with Crippen molar-refractivity contribution in [1.82, 2.24) is 10.2 Å². The molecule has 0 unspecified atom stereocenters. The number of nitrogens with zero attached hydrogens (tertiary/aromatic N) is 2. The summed E-state index contributed by atoms with van der Waals surface area (Å²) in [6, 6.07) is 0. The number of nitrogens with one attached hydrogen (secondary N) is 1. The summed E-state index contributed by atoms with van der Waals surface area (Å²) in [5.41, 5.74) is 0. The second kappa shape index (κ2) is 9.83. The van der Waals surface area contributed by atoms with Gasteiger partial charge in [-0.3, -0.25) is 4.99 Å². The maximum Gasteiger partial charge on any atom is 0.194 e. The highest BCUT2D eigenvalue weighted by Crippen LogP contribution is 2.42. The largest absolute Gasteiger partial charge is 0.357 e. The number of terminal acetylenes is 1. The van der Waals surface area contributed by atoms with Crippen LogP contribution in [0.2, 0.25) is 0 Å². The van der Waals surface area contributed by atoms with Gasteiger partial charge in [0, 0.05) is 36.6 Å². The smallest absolute Gasteiger partial charge is 0.194 e. The molecule has 1 aliphatic carbocycles. The molecule has 1 N–H and O–H groups in total. The van der Waals surface area contributed by atoms with Crippen LogP contribution >= 0.6 is 35.7 Å². The van der Waals surface area contributed by atoms with Crippen molar-refractivity contribution in [2.75, 3.05) is 31.9 Å². The van der Waals surface area contributed by atoms with Crippen LogP contribution in [0.1, 0.15) is 45.4 Å². The molecule has 5 heteroatoms. The molecule has 1 saturated carbocycles. The van der Waals surface area contributed by atoms with E-state index in [0.29, 0.717) is 4.75 Å². The summed E-state index contributed by atoms with van der Waals surface area (Å²) >= 11 is 2.20. The summed E-state index contributed by atoms with van der Waals surface area (Å²) < 4.78 is 0.485. The lowest BCUT2D eigenvalue weighted by atomic mass is 9.87. The third kappa shape index (κ3) is 5.55. The molecule has 0 aromatic rings. The highest BCUT2D eigenvalue weighted by Gasteiger charge is 2.38. The van der Waals surface area contributed by atoms with E-state index in [9.17, 15) is 0 Å². The van der Waals surface area contributed by atoms with Gasteiger partial charge >= 0.3 is 0 Å². The SMILES string of the molecule is C#CCCN=C(NCC)N1CCSC2(CCCCC2)C1.I. The minimum Gasteiger partial charge on any atom is -0.357 e. The van der Waals surface area contributed by atoms with Crippen molar-refractivity contribution in [3.63, 3.8) is 0 Å². The Morgan fingerprint density at radius 1 is 1.38 bits per heavy atom. The Hall–Kier alpha value is -0.0900. The van der Waals surface area contributed by atoms with Gasteiger partial charge in [0.25, 0.3) is 0 Å². The molecule has 0 amide bonds. The van der Waals surface area contributed by atoms with Crippen LogP contribution in [0.3, 0.4) is 0 Å². The summed E-state index contributed by atoms with van der Waals surface area (Å²) in [5.74, 6) is 4.95. The Balaban J connectivity index is 0.00000220. The molecule has 1 spiro atoms. The molecule has 0 bridgehead atoms. The molecule has 1 saturated heterocycles. The Bertz CT molecular complexity index is 367. The highest BCUT2D eigenvalue weighted by atomic mass is 127. The van der Waals surface area contributed by atoms with Gasteiger partial charge < -0.3 is 10.2 Å². The number of hydrogen-bond donors (Lipinski definition) is 1. The lowest BCUT2D eigenvalue weighted by Crippen LogP contribution is -2.53. The summed E-state index contributed by atoms with van der Waals surface area (Å²) in [4.78, 5) is 7.14. The summed E-state index contributed by atoms with van der Waals surface area (Å²) in [5, 5.41) is 3.43. The predicted molar refractivity (Wildman–Crippen MR) is 105 cm³/mol. The number of thioether (sulfide) groups is 1. The first-order valence-corrected chi connectivity index (χ1v) is 8.89. The Kier molecular flexibility index (Phi) is 8.88. The fourth-order valence-electron chi connectivity index (χ4n) is 3.18. The lowest BCUT2D eigenvalue weighted by Gasteiger charge is -2.45. The molecule has 1 aliphatic heterocycles. The molecule has 2 rings (SSSR count). The molecule has 21 heavy (non-hydrogen) atoms. The van der Waals surface area contributed by atoms with E-state index >= 15 is 0 Å². The molecule has 2 fully saturated rings. The maximum absolute atomic E-state index is 5.32. The number of halogens is 1. The highest BCUT2D eigenvalue weighted by molar-refractivity contribution is 14.0. The summed E-state index contributed by atoms with van der Waals surface area (Å²) in [6.45, 7) is 6.04. The van der Waals surface area contributed by atoms with Crippen LogP contribution < -0.4 is 5.32 Å². The quantitative estimate of drug-likeness (QED) is 0.249. The first-order valence-electron chi connectivity index (χ1n) is 7.90. The van der Waals surface area contributed by atoms with Crippen molar-refractivity contribution in [3.05, 3.63) is 0 Å². The average molecular weight is 421 g/mol. The Morgan fingerprint density at radius 2 is 2.14 bits per heavy atom. The van der Waals surface area contributed by atoms with Gasteiger partial charge in [0.2, 0.25) is 0 Å². The Morgan fingerprint density at radius 3 is 2.81 bits per heavy atom. The van der Waals surface area contributed by atoms with E-state index in [0.717, 1.165) is 38.6 Å². The minimum atomic E-state index is 0. The van der Waals surface area contributed by atoms with Gasteiger partial charge in [0.15, 0.2) is 5.96 Å². The zero-order chi connectivity index (χ0) is 14.3. The zero-order valence-electron chi connectivity index (χ0n) is 13.1. The van der Waals surface area contributed by atoms with Crippen molar-refractivity contribution in [3.8, 4) is 12.3 Å². The zero-order valence-corrected chi connectivity index (χ0v) is 16.2. The van der Waals surface area contributed by atoms with E-state index in [4.69, 9.17) is 6.42 Å². The molecule has 0 atom stereocenters. The molecular weight excluding hydrogens is 393 g/mol. The number of aliphatic imine (C=N–C) groups is 1. The summed E-state index contributed by atoms with van der Waals surface area (Å²) in [7, 11) is 0. The second-order valence-corrected chi connectivity index (χ2v) is 7.27. The van der Waals surface area contributed by atoms with E-state index in [1.54, 1.807) is 0 Å². The van der Waals surface area contributed by atoms with Crippen LogP contribution in [0.25, 0.3) is 0 Å². The lowest BCUT2D eigenvalue weighted by molar-refractivity contribution is 0.293. The molecule has 1 heterocycles. The second-order valence-electron chi connectivity index (χ2n) is 5.70. The van der Waals surface area contributed by atoms with Gasteiger partial charge in [0.1, 0.15) is 0 Å². The molecule has 120 valence electrons. The van der Waals surface area contributed by atoms with Gasteiger partial charge in [-0.05, 0) is 19.8 Å². The van der Waals surface area contributed by atoms with E-state index in [1.165, 1.54) is 37.9 Å². The van der Waals surface area contributed by atoms with E-state index in [2.05, 4.69) is 39.8 Å². The van der Waals surface area contributed by atoms with Gasteiger partial charge in [-0.25, -0.2) is 0 Å². The standard InChI is InChI=1S/C16H27N3S.HI/c1-3-5-11-18-15(17-4-2)19-12-13-20-16(14-19)9-7-6-8-10-16;/h1H,4-14H2,2H3,(H,17,18);1H. The normalized spacial score (nSPS) is 21.5. The Labute approximate surface area is 151 Å². The molecular formula is C16H28IN3S. The predicted octanol–water partition coefficient (Wildman–Crippen LogP) is 3.34. The fourth-order valence-corrected chi connectivity index (χ4v) is 4.75. The average Bonchev–Trinajstić information content (AvgIpc) is 2.47. The van der Waals surface area contributed by atoms with Gasteiger partial charge in [-0.1, -0.05) is 19.3 Å².